The topological polar surface area (TPSA) is 59.0 Å². The number of pyridine rings is 1. The third-order valence-corrected chi connectivity index (χ3v) is 5.25. The van der Waals surface area contributed by atoms with E-state index in [0.29, 0.717) is 30.0 Å². The number of carbonyl (C=O) groups is 1. The summed E-state index contributed by atoms with van der Waals surface area (Å²) in [6, 6.07) is 3.92. The molecule has 0 spiro atoms. The number of allylic oxidation sites excluding steroid dienone is 2. The van der Waals surface area contributed by atoms with Crippen LogP contribution in [0.4, 0.5) is 0 Å². The fourth-order valence-electron chi connectivity index (χ4n) is 3.98. The van der Waals surface area contributed by atoms with Gasteiger partial charge in [-0.25, -0.2) is 4.98 Å². The minimum atomic E-state index is -0.0527. The molecule has 2 bridgehead atoms. The van der Waals surface area contributed by atoms with E-state index in [4.69, 9.17) is 0 Å². The molecule has 2 heterocycles. The van der Waals surface area contributed by atoms with Crippen molar-refractivity contribution in [3.8, 4) is 0 Å². The zero-order valence-electron chi connectivity index (χ0n) is 14.4. The molecular formula is C20H22N4O. The van der Waals surface area contributed by atoms with Crippen LogP contribution >= 0.6 is 0 Å². The lowest BCUT2D eigenvalue weighted by molar-refractivity contribution is 0.0698. The fourth-order valence-corrected chi connectivity index (χ4v) is 3.98. The Bertz CT molecular complexity index is 772. The first-order valence-electron chi connectivity index (χ1n) is 8.84. The zero-order chi connectivity index (χ0) is 17.2. The number of carbonyl (C=O) groups excluding carboxylic acids is 1. The standard InChI is InChI=1S/C20H22N4O/c1-14-9-23-19(11-22-14)20(25)24(12-16-3-2-6-21-10-16)13-18-8-15-4-5-17(18)7-15/h2-6,9-11,15,17-18H,7-8,12-13H2,1H3/t15-,17-,18-/m0/s1. The van der Waals surface area contributed by atoms with E-state index in [2.05, 4.69) is 27.1 Å². The molecule has 1 saturated carbocycles. The van der Waals surface area contributed by atoms with Crippen LogP contribution in [0.3, 0.4) is 0 Å². The monoisotopic (exact) mass is 334 g/mol. The van der Waals surface area contributed by atoms with Gasteiger partial charge in [0, 0.05) is 31.7 Å². The normalized spacial score (nSPS) is 23.8. The van der Waals surface area contributed by atoms with Crippen molar-refractivity contribution in [3.63, 3.8) is 0 Å². The molecule has 25 heavy (non-hydrogen) atoms. The van der Waals surface area contributed by atoms with Crippen LogP contribution < -0.4 is 0 Å². The SMILES string of the molecule is Cc1cnc(C(=O)N(Cc2cccnc2)C[C@@H]2C[C@H]3C=C[C@H]2C3)cn1. The molecule has 0 unspecified atom stereocenters. The summed E-state index contributed by atoms with van der Waals surface area (Å²) in [4.78, 5) is 27.6. The van der Waals surface area contributed by atoms with Gasteiger partial charge in [0.25, 0.3) is 5.91 Å². The minimum Gasteiger partial charge on any atom is -0.333 e. The Morgan fingerprint density at radius 3 is 2.76 bits per heavy atom. The van der Waals surface area contributed by atoms with Crippen molar-refractivity contribution in [2.24, 2.45) is 17.8 Å². The van der Waals surface area contributed by atoms with E-state index in [1.54, 1.807) is 18.6 Å². The predicted molar refractivity (Wildman–Crippen MR) is 94.6 cm³/mol. The Hall–Kier alpha value is -2.56. The molecule has 5 nitrogen and oxygen atoms in total. The van der Waals surface area contributed by atoms with Crippen LogP contribution in [0, 0.1) is 24.7 Å². The average molecular weight is 334 g/mol. The van der Waals surface area contributed by atoms with Crippen LogP contribution in [-0.2, 0) is 6.54 Å². The summed E-state index contributed by atoms with van der Waals surface area (Å²) in [7, 11) is 0. The van der Waals surface area contributed by atoms with Crippen LogP contribution in [0.1, 0.15) is 34.6 Å². The molecule has 128 valence electrons. The Morgan fingerprint density at radius 1 is 1.20 bits per heavy atom. The molecule has 0 saturated heterocycles. The molecule has 2 aliphatic rings. The second-order valence-electron chi connectivity index (χ2n) is 7.13. The lowest BCUT2D eigenvalue weighted by atomic mass is 9.93. The maximum Gasteiger partial charge on any atom is 0.274 e. The van der Waals surface area contributed by atoms with E-state index < -0.39 is 0 Å². The second kappa shape index (κ2) is 6.75. The zero-order valence-corrected chi connectivity index (χ0v) is 14.4. The van der Waals surface area contributed by atoms with E-state index in [1.165, 1.54) is 12.8 Å². The summed E-state index contributed by atoms with van der Waals surface area (Å²) >= 11 is 0. The van der Waals surface area contributed by atoms with Gasteiger partial charge in [0.05, 0.1) is 11.9 Å². The molecule has 1 fully saturated rings. The minimum absolute atomic E-state index is 0.0527. The van der Waals surface area contributed by atoms with Crippen LogP contribution in [0.2, 0.25) is 0 Å². The summed E-state index contributed by atoms with van der Waals surface area (Å²) in [5.41, 5.74) is 2.26. The van der Waals surface area contributed by atoms with Gasteiger partial charge in [-0.2, -0.15) is 0 Å². The summed E-state index contributed by atoms with van der Waals surface area (Å²) in [6.45, 7) is 3.19. The highest BCUT2D eigenvalue weighted by Gasteiger charge is 2.37. The van der Waals surface area contributed by atoms with Gasteiger partial charge < -0.3 is 4.90 Å². The predicted octanol–water partition coefficient (Wildman–Crippen LogP) is 3.03. The molecule has 5 heteroatoms. The smallest absolute Gasteiger partial charge is 0.274 e. The molecule has 4 rings (SSSR count). The lowest BCUT2D eigenvalue weighted by Crippen LogP contribution is -2.36. The van der Waals surface area contributed by atoms with E-state index in [0.717, 1.165) is 17.8 Å². The number of fused-ring (bicyclic) bond motifs is 2. The molecular weight excluding hydrogens is 312 g/mol. The number of amides is 1. The first-order valence-corrected chi connectivity index (χ1v) is 8.84. The first kappa shape index (κ1) is 15.9. The maximum absolute atomic E-state index is 13.0. The van der Waals surface area contributed by atoms with Crippen molar-refractivity contribution in [1.29, 1.82) is 0 Å². The van der Waals surface area contributed by atoms with Crippen molar-refractivity contribution >= 4 is 5.91 Å². The second-order valence-corrected chi connectivity index (χ2v) is 7.13. The summed E-state index contributed by atoms with van der Waals surface area (Å²) in [5, 5.41) is 0. The molecule has 0 aromatic carbocycles. The molecule has 0 N–H and O–H groups in total. The van der Waals surface area contributed by atoms with Gasteiger partial charge in [-0.05, 0) is 49.1 Å². The molecule has 2 aromatic rings. The molecule has 3 atom stereocenters. The highest BCUT2D eigenvalue weighted by molar-refractivity contribution is 5.92. The fraction of sp³-hybridized carbons (Fsp3) is 0.400. The number of aryl methyl sites for hydroxylation is 1. The van der Waals surface area contributed by atoms with Crippen LogP contribution in [0.5, 0.6) is 0 Å². The van der Waals surface area contributed by atoms with E-state index in [-0.39, 0.29) is 5.91 Å². The summed E-state index contributed by atoms with van der Waals surface area (Å²) in [6.07, 6.45) is 13.9. The number of hydrogen-bond donors (Lipinski definition) is 0. The number of rotatable bonds is 5. The van der Waals surface area contributed by atoms with Crippen molar-refractivity contribution < 1.29 is 4.79 Å². The van der Waals surface area contributed by atoms with Crippen LogP contribution in [0.25, 0.3) is 0 Å². The number of hydrogen-bond acceptors (Lipinski definition) is 4. The van der Waals surface area contributed by atoms with Gasteiger partial charge in [0.1, 0.15) is 5.69 Å². The molecule has 0 aliphatic heterocycles. The number of aromatic nitrogens is 3. The Morgan fingerprint density at radius 2 is 2.12 bits per heavy atom. The summed E-state index contributed by atoms with van der Waals surface area (Å²) in [5.74, 6) is 1.79. The highest BCUT2D eigenvalue weighted by atomic mass is 16.2. The van der Waals surface area contributed by atoms with Crippen molar-refractivity contribution in [2.75, 3.05) is 6.54 Å². The van der Waals surface area contributed by atoms with Crippen molar-refractivity contribution in [3.05, 3.63) is 66.0 Å². The third kappa shape index (κ3) is 3.45. The summed E-state index contributed by atoms with van der Waals surface area (Å²) < 4.78 is 0. The molecule has 1 amide bonds. The van der Waals surface area contributed by atoms with Gasteiger partial charge in [0.2, 0.25) is 0 Å². The first-order chi connectivity index (χ1) is 12.2. The van der Waals surface area contributed by atoms with E-state index in [1.807, 2.05) is 30.2 Å². The third-order valence-electron chi connectivity index (χ3n) is 5.25. The molecule has 2 aliphatic carbocycles. The quantitative estimate of drug-likeness (QED) is 0.789. The van der Waals surface area contributed by atoms with Gasteiger partial charge in [-0.1, -0.05) is 18.2 Å². The Labute approximate surface area is 147 Å². The largest absolute Gasteiger partial charge is 0.333 e. The van der Waals surface area contributed by atoms with Crippen molar-refractivity contribution in [1.82, 2.24) is 19.9 Å². The lowest BCUT2D eigenvalue weighted by Gasteiger charge is -2.28. The van der Waals surface area contributed by atoms with Crippen LogP contribution in [0.15, 0.2) is 49.1 Å². The van der Waals surface area contributed by atoms with Gasteiger partial charge >= 0.3 is 0 Å². The molecule has 2 aromatic heterocycles. The Kier molecular flexibility index (Phi) is 4.30. The van der Waals surface area contributed by atoms with Crippen molar-refractivity contribution in [2.45, 2.75) is 26.3 Å². The van der Waals surface area contributed by atoms with E-state index in [9.17, 15) is 4.79 Å². The maximum atomic E-state index is 13.0. The average Bonchev–Trinajstić information content (AvgIpc) is 3.25. The van der Waals surface area contributed by atoms with Gasteiger partial charge in [-0.15, -0.1) is 0 Å². The van der Waals surface area contributed by atoms with Gasteiger partial charge in [-0.3, -0.25) is 14.8 Å². The Balaban J connectivity index is 1.55. The molecule has 0 radical (unpaired) electrons. The van der Waals surface area contributed by atoms with Gasteiger partial charge in [0.15, 0.2) is 0 Å². The highest BCUT2D eigenvalue weighted by Crippen LogP contribution is 2.43. The van der Waals surface area contributed by atoms with Crippen LogP contribution in [-0.4, -0.2) is 32.3 Å². The number of nitrogens with zero attached hydrogens (tertiary/aromatic N) is 4. The van der Waals surface area contributed by atoms with E-state index >= 15 is 0 Å².